The van der Waals surface area contributed by atoms with Gasteiger partial charge in [0, 0.05) is 17.5 Å². The molecule has 0 fully saturated rings. The molecule has 3 N–H and O–H groups in total. The third-order valence-electron chi connectivity index (χ3n) is 3.02. The van der Waals surface area contributed by atoms with Crippen molar-refractivity contribution in [3.8, 4) is 0 Å². The highest BCUT2D eigenvalue weighted by Gasteiger charge is 2.12. The summed E-state index contributed by atoms with van der Waals surface area (Å²) in [6.07, 6.45) is 0.249. The van der Waals surface area contributed by atoms with E-state index in [-0.39, 0.29) is 12.6 Å². The lowest BCUT2D eigenvalue weighted by molar-refractivity contribution is 0.161. The summed E-state index contributed by atoms with van der Waals surface area (Å²) in [6, 6.07) is 13.9. The van der Waals surface area contributed by atoms with Crippen molar-refractivity contribution in [2.75, 3.05) is 13.2 Å². The van der Waals surface area contributed by atoms with E-state index in [4.69, 9.17) is 0 Å². The Morgan fingerprint density at radius 1 is 1.11 bits per heavy atom. The van der Waals surface area contributed by atoms with Crippen molar-refractivity contribution in [3.63, 3.8) is 0 Å². The zero-order chi connectivity index (χ0) is 13.5. The van der Waals surface area contributed by atoms with E-state index in [1.165, 1.54) is 5.56 Å². The van der Waals surface area contributed by atoms with Crippen LogP contribution >= 0.6 is 11.3 Å². The van der Waals surface area contributed by atoms with E-state index in [2.05, 4.69) is 5.32 Å². The van der Waals surface area contributed by atoms with Gasteiger partial charge in [-0.25, -0.2) is 0 Å². The van der Waals surface area contributed by atoms with Gasteiger partial charge in [-0.3, -0.25) is 0 Å². The highest BCUT2D eigenvalue weighted by molar-refractivity contribution is 7.10. The van der Waals surface area contributed by atoms with Crippen LogP contribution in [0.25, 0.3) is 0 Å². The Morgan fingerprint density at radius 2 is 1.89 bits per heavy atom. The molecule has 0 amide bonds. The molecule has 0 aliphatic rings. The summed E-state index contributed by atoms with van der Waals surface area (Å²) in [6.45, 7) is 0.518. The van der Waals surface area contributed by atoms with Crippen LogP contribution in [0.2, 0.25) is 0 Å². The Bertz CT molecular complexity index is 458. The number of aliphatic hydroxyl groups is 2. The van der Waals surface area contributed by atoms with Gasteiger partial charge in [0.2, 0.25) is 0 Å². The molecule has 2 unspecified atom stereocenters. The second kappa shape index (κ2) is 7.40. The van der Waals surface area contributed by atoms with Crippen molar-refractivity contribution >= 4 is 11.3 Å². The van der Waals surface area contributed by atoms with Gasteiger partial charge in [-0.2, -0.15) is 0 Å². The first-order valence-electron chi connectivity index (χ1n) is 6.39. The predicted molar refractivity (Wildman–Crippen MR) is 78.3 cm³/mol. The molecule has 0 radical (unpaired) electrons. The minimum Gasteiger partial charge on any atom is -0.395 e. The lowest BCUT2D eigenvalue weighted by Crippen LogP contribution is -2.37. The highest BCUT2D eigenvalue weighted by Crippen LogP contribution is 2.18. The molecular weight excluding hydrogens is 258 g/mol. The van der Waals surface area contributed by atoms with Crippen LogP contribution in [0.4, 0.5) is 0 Å². The van der Waals surface area contributed by atoms with Gasteiger partial charge >= 0.3 is 0 Å². The largest absolute Gasteiger partial charge is 0.395 e. The second-order valence-electron chi connectivity index (χ2n) is 4.51. The number of nitrogens with one attached hydrogen (secondary N) is 1. The summed E-state index contributed by atoms with van der Waals surface area (Å²) in [5, 5.41) is 24.5. The molecular formula is C15H19NO2S. The van der Waals surface area contributed by atoms with Gasteiger partial charge in [0.15, 0.2) is 0 Å². The Labute approximate surface area is 117 Å². The van der Waals surface area contributed by atoms with Crippen LogP contribution in [0.3, 0.4) is 0 Å². The smallest absolute Gasteiger partial charge is 0.101 e. The second-order valence-corrected chi connectivity index (χ2v) is 5.49. The molecule has 1 aromatic heterocycles. The van der Waals surface area contributed by atoms with Crippen molar-refractivity contribution in [1.29, 1.82) is 0 Å². The first kappa shape index (κ1) is 14.2. The molecule has 0 saturated carbocycles. The van der Waals surface area contributed by atoms with Crippen molar-refractivity contribution in [3.05, 3.63) is 58.3 Å². The van der Waals surface area contributed by atoms with Gasteiger partial charge in [-0.15, -0.1) is 11.3 Å². The fraction of sp³-hybridized carbons (Fsp3) is 0.333. The maximum atomic E-state index is 9.99. The Balaban J connectivity index is 1.83. The molecule has 2 atom stereocenters. The SMILES string of the molecule is OCC(Cc1ccccc1)NCC(O)c1cccs1. The normalized spacial score (nSPS) is 14.2. The van der Waals surface area contributed by atoms with Crippen molar-refractivity contribution in [2.24, 2.45) is 0 Å². The van der Waals surface area contributed by atoms with Gasteiger partial charge in [0.1, 0.15) is 6.10 Å². The fourth-order valence-corrected chi connectivity index (χ4v) is 2.67. The molecule has 1 aromatic carbocycles. The van der Waals surface area contributed by atoms with E-state index in [0.717, 1.165) is 11.3 Å². The van der Waals surface area contributed by atoms with Crippen LogP contribution in [0, 0.1) is 0 Å². The summed E-state index contributed by atoms with van der Waals surface area (Å²) in [7, 11) is 0. The number of aliphatic hydroxyl groups excluding tert-OH is 2. The Kier molecular flexibility index (Phi) is 5.54. The van der Waals surface area contributed by atoms with Crippen molar-refractivity contribution in [1.82, 2.24) is 5.32 Å². The topological polar surface area (TPSA) is 52.5 Å². The summed E-state index contributed by atoms with van der Waals surface area (Å²) in [5.41, 5.74) is 1.18. The quantitative estimate of drug-likeness (QED) is 0.725. The minimum absolute atomic E-state index is 0.0305. The predicted octanol–water partition coefficient (Wildman–Crippen LogP) is 1.97. The molecule has 4 heteroatoms. The molecule has 102 valence electrons. The van der Waals surface area contributed by atoms with Crippen molar-refractivity contribution in [2.45, 2.75) is 18.6 Å². The number of benzene rings is 1. The monoisotopic (exact) mass is 277 g/mol. The lowest BCUT2D eigenvalue weighted by Gasteiger charge is -2.18. The maximum Gasteiger partial charge on any atom is 0.101 e. The molecule has 0 spiro atoms. The van der Waals surface area contributed by atoms with E-state index in [1.807, 2.05) is 47.8 Å². The summed E-state index contributed by atoms with van der Waals surface area (Å²) in [5.74, 6) is 0. The average Bonchev–Trinajstić information content (AvgIpc) is 2.98. The molecule has 3 nitrogen and oxygen atoms in total. The third kappa shape index (κ3) is 4.44. The van der Waals surface area contributed by atoms with Gasteiger partial charge in [-0.05, 0) is 23.4 Å². The minimum atomic E-state index is -0.509. The van der Waals surface area contributed by atoms with E-state index >= 15 is 0 Å². The van der Waals surface area contributed by atoms with Crippen LogP contribution in [0.1, 0.15) is 16.5 Å². The highest BCUT2D eigenvalue weighted by atomic mass is 32.1. The molecule has 1 heterocycles. The van der Waals surface area contributed by atoms with Crippen LogP contribution in [-0.2, 0) is 6.42 Å². The summed E-state index contributed by atoms with van der Waals surface area (Å²) >= 11 is 1.54. The molecule has 2 aromatic rings. The molecule has 0 aliphatic carbocycles. The summed E-state index contributed by atoms with van der Waals surface area (Å²) in [4.78, 5) is 0.948. The first-order chi connectivity index (χ1) is 9.29. The standard InChI is InChI=1S/C15H19NO2S/c17-11-13(9-12-5-2-1-3-6-12)16-10-14(18)15-7-4-8-19-15/h1-8,13-14,16-18H,9-11H2. The van der Waals surface area contributed by atoms with E-state index in [0.29, 0.717) is 6.54 Å². The zero-order valence-electron chi connectivity index (χ0n) is 10.7. The average molecular weight is 277 g/mol. The van der Waals surface area contributed by atoms with E-state index in [9.17, 15) is 10.2 Å². The van der Waals surface area contributed by atoms with E-state index < -0.39 is 6.10 Å². The van der Waals surface area contributed by atoms with Crippen LogP contribution in [0.5, 0.6) is 0 Å². The number of hydrogen-bond donors (Lipinski definition) is 3. The van der Waals surface area contributed by atoms with Gasteiger partial charge < -0.3 is 15.5 Å². The Morgan fingerprint density at radius 3 is 2.53 bits per heavy atom. The number of rotatable bonds is 7. The van der Waals surface area contributed by atoms with Gasteiger partial charge in [0.05, 0.1) is 6.61 Å². The molecule has 19 heavy (non-hydrogen) atoms. The first-order valence-corrected chi connectivity index (χ1v) is 7.27. The third-order valence-corrected chi connectivity index (χ3v) is 3.99. The molecule has 0 saturated heterocycles. The van der Waals surface area contributed by atoms with Crippen LogP contribution < -0.4 is 5.32 Å². The van der Waals surface area contributed by atoms with Crippen LogP contribution in [0.15, 0.2) is 47.8 Å². The van der Waals surface area contributed by atoms with Gasteiger partial charge in [-0.1, -0.05) is 36.4 Å². The summed E-state index contributed by atoms with van der Waals surface area (Å²) < 4.78 is 0. The zero-order valence-corrected chi connectivity index (χ0v) is 11.5. The molecule has 0 bridgehead atoms. The maximum absolute atomic E-state index is 9.99. The Hall–Kier alpha value is -1.20. The van der Waals surface area contributed by atoms with E-state index in [1.54, 1.807) is 11.3 Å². The fourth-order valence-electron chi connectivity index (χ4n) is 1.96. The van der Waals surface area contributed by atoms with Crippen molar-refractivity contribution < 1.29 is 10.2 Å². The molecule has 2 rings (SSSR count). The molecule has 0 aliphatic heterocycles. The number of hydrogen-bond acceptors (Lipinski definition) is 4. The lowest BCUT2D eigenvalue weighted by atomic mass is 10.1. The van der Waals surface area contributed by atoms with Gasteiger partial charge in [0.25, 0.3) is 0 Å². The van der Waals surface area contributed by atoms with Crippen LogP contribution in [-0.4, -0.2) is 29.4 Å². The number of thiophene rings is 1.